The van der Waals surface area contributed by atoms with E-state index in [4.69, 9.17) is 0 Å². The number of rotatable bonds is 1. The van der Waals surface area contributed by atoms with Crippen molar-refractivity contribution < 1.29 is 13.9 Å². The summed E-state index contributed by atoms with van der Waals surface area (Å²) in [6, 6.07) is 3.36. The summed E-state index contributed by atoms with van der Waals surface area (Å²) in [5, 5.41) is 10.3. The fraction of sp³-hybridized carbons (Fsp3) is 0.500. The Morgan fingerprint density at radius 2 is 1.88 bits per heavy atom. The van der Waals surface area contributed by atoms with Gasteiger partial charge in [-0.1, -0.05) is 6.07 Å². The molecule has 88 valence electrons. The number of aliphatic hydroxyl groups is 1. The standard InChI is InChI=1S/C12H15F2NO/c1-15-6-4-12(16,5-7-15)10-3-2-9(13)8-11(10)14/h2-3,8,16H,4-7H2,1H3. The maximum atomic E-state index is 13.6. The van der Waals surface area contributed by atoms with Gasteiger partial charge in [0, 0.05) is 24.7 Å². The molecule has 1 aromatic rings. The van der Waals surface area contributed by atoms with Crippen LogP contribution >= 0.6 is 0 Å². The molecule has 1 fully saturated rings. The highest BCUT2D eigenvalue weighted by molar-refractivity contribution is 5.25. The molecule has 1 aliphatic heterocycles. The highest BCUT2D eigenvalue weighted by Crippen LogP contribution is 2.34. The second-order valence-corrected chi connectivity index (χ2v) is 4.46. The van der Waals surface area contributed by atoms with Gasteiger partial charge in [0.1, 0.15) is 11.6 Å². The van der Waals surface area contributed by atoms with Crippen LogP contribution in [0.25, 0.3) is 0 Å². The Hall–Kier alpha value is -1.00. The molecule has 0 aliphatic carbocycles. The number of piperidine rings is 1. The van der Waals surface area contributed by atoms with Gasteiger partial charge in [-0.05, 0) is 26.0 Å². The van der Waals surface area contributed by atoms with E-state index in [0.29, 0.717) is 25.9 Å². The molecule has 2 rings (SSSR count). The first kappa shape index (κ1) is 11.5. The van der Waals surface area contributed by atoms with Crippen molar-refractivity contribution in [1.29, 1.82) is 0 Å². The van der Waals surface area contributed by atoms with E-state index in [9.17, 15) is 13.9 Å². The van der Waals surface area contributed by atoms with Gasteiger partial charge >= 0.3 is 0 Å². The van der Waals surface area contributed by atoms with Crippen molar-refractivity contribution >= 4 is 0 Å². The maximum absolute atomic E-state index is 13.6. The van der Waals surface area contributed by atoms with E-state index in [1.165, 1.54) is 12.1 Å². The van der Waals surface area contributed by atoms with Crippen molar-refractivity contribution in [2.45, 2.75) is 18.4 Å². The summed E-state index contributed by atoms with van der Waals surface area (Å²) in [5.41, 5.74) is -0.938. The van der Waals surface area contributed by atoms with Crippen LogP contribution in [0.3, 0.4) is 0 Å². The third kappa shape index (κ3) is 2.08. The van der Waals surface area contributed by atoms with Crippen LogP contribution in [-0.2, 0) is 5.60 Å². The minimum Gasteiger partial charge on any atom is -0.385 e. The van der Waals surface area contributed by atoms with Gasteiger partial charge in [-0.3, -0.25) is 0 Å². The van der Waals surface area contributed by atoms with E-state index >= 15 is 0 Å². The van der Waals surface area contributed by atoms with Gasteiger partial charge in [0.2, 0.25) is 0 Å². The zero-order chi connectivity index (χ0) is 11.8. The van der Waals surface area contributed by atoms with Gasteiger partial charge < -0.3 is 10.0 Å². The van der Waals surface area contributed by atoms with Crippen LogP contribution in [0.4, 0.5) is 8.78 Å². The first-order valence-corrected chi connectivity index (χ1v) is 5.38. The SMILES string of the molecule is CN1CCC(O)(c2ccc(F)cc2F)CC1. The highest BCUT2D eigenvalue weighted by atomic mass is 19.1. The third-order valence-electron chi connectivity index (χ3n) is 3.25. The van der Waals surface area contributed by atoms with Gasteiger partial charge in [0.25, 0.3) is 0 Å². The van der Waals surface area contributed by atoms with Gasteiger partial charge in [0.05, 0.1) is 5.60 Å². The van der Waals surface area contributed by atoms with Crippen molar-refractivity contribution in [2.24, 2.45) is 0 Å². The molecule has 1 N–H and O–H groups in total. The summed E-state index contributed by atoms with van der Waals surface area (Å²) in [6.45, 7) is 1.43. The summed E-state index contributed by atoms with van der Waals surface area (Å²) in [7, 11) is 1.96. The van der Waals surface area contributed by atoms with Crippen LogP contribution in [-0.4, -0.2) is 30.1 Å². The van der Waals surface area contributed by atoms with Crippen LogP contribution in [0.1, 0.15) is 18.4 Å². The van der Waals surface area contributed by atoms with E-state index in [1.54, 1.807) is 0 Å². The average molecular weight is 227 g/mol. The van der Waals surface area contributed by atoms with Gasteiger partial charge in [-0.2, -0.15) is 0 Å². The fourth-order valence-electron chi connectivity index (χ4n) is 2.12. The topological polar surface area (TPSA) is 23.5 Å². The first-order valence-electron chi connectivity index (χ1n) is 5.38. The minimum atomic E-state index is -1.15. The van der Waals surface area contributed by atoms with Gasteiger partial charge in [-0.15, -0.1) is 0 Å². The van der Waals surface area contributed by atoms with Crippen molar-refractivity contribution in [3.8, 4) is 0 Å². The van der Waals surface area contributed by atoms with Crippen molar-refractivity contribution in [2.75, 3.05) is 20.1 Å². The molecule has 4 heteroatoms. The Labute approximate surface area is 93.5 Å². The Balaban J connectivity index is 2.29. The molecule has 0 bridgehead atoms. The lowest BCUT2D eigenvalue weighted by molar-refractivity contribution is -0.0230. The Kier molecular flexibility index (Phi) is 2.95. The number of nitrogens with zero attached hydrogens (tertiary/aromatic N) is 1. The summed E-state index contributed by atoms with van der Waals surface area (Å²) in [5.74, 6) is -1.27. The van der Waals surface area contributed by atoms with Crippen LogP contribution < -0.4 is 0 Å². The lowest BCUT2D eigenvalue weighted by atomic mass is 9.84. The predicted octanol–water partition coefficient (Wildman–Crippen LogP) is 1.88. The summed E-state index contributed by atoms with van der Waals surface area (Å²) < 4.78 is 26.3. The van der Waals surface area contributed by atoms with Crippen molar-refractivity contribution in [3.05, 3.63) is 35.4 Å². The average Bonchev–Trinajstić information content (AvgIpc) is 2.22. The number of hydrogen-bond donors (Lipinski definition) is 1. The van der Waals surface area contributed by atoms with Gasteiger partial charge in [0.15, 0.2) is 0 Å². The summed E-state index contributed by atoms with van der Waals surface area (Å²) in [4.78, 5) is 2.08. The summed E-state index contributed by atoms with van der Waals surface area (Å²) in [6.07, 6.45) is 0.956. The Morgan fingerprint density at radius 1 is 1.25 bits per heavy atom. The minimum absolute atomic E-state index is 0.210. The number of halogens is 2. The van der Waals surface area contributed by atoms with E-state index in [0.717, 1.165) is 6.07 Å². The molecule has 1 aromatic carbocycles. The van der Waals surface area contributed by atoms with Crippen molar-refractivity contribution in [1.82, 2.24) is 4.90 Å². The zero-order valence-corrected chi connectivity index (χ0v) is 9.21. The number of likely N-dealkylation sites (tertiary alicyclic amines) is 1. The Bertz CT molecular complexity index is 387. The molecule has 0 atom stereocenters. The molecule has 0 aromatic heterocycles. The predicted molar refractivity (Wildman–Crippen MR) is 57.0 cm³/mol. The quantitative estimate of drug-likeness (QED) is 0.791. The molecular weight excluding hydrogens is 212 g/mol. The van der Waals surface area contributed by atoms with Crippen LogP contribution in [0.2, 0.25) is 0 Å². The normalized spacial score (nSPS) is 21.0. The van der Waals surface area contributed by atoms with E-state index < -0.39 is 17.2 Å². The molecule has 1 aliphatic rings. The van der Waals surface area contributed by atoms with E-state index in [1.807, 2.05) is 7.05 Å². The number of benzene rings is 1. The molecule has 1 heterocycles. The van der Waals surface area contributed by atoms with E-state index in [2.05, 4.69) is 4.90 Å². The van der Waals surface area contributed by atoms with Gasteiger partial charge in [-0.25, -0.2) is 8.78 Å². The highest BCUT2D eigenvalue weighted by Gasteiger charge is 2.35. The molecule has 0 spiro atoms. The molecule has 0 amide bonds. The third-order valence-corrected chi connectivity index (χ3v) is 3.25. The lowest BCUT2D eigenvalue weighted by Gasteiger charge is -2.37. The smallest absolute Gasteiger partial charge is 0.132 e. The molecule has 2 nitrogen and oxygen atoms in total. The molecule has 0 saturated carbocycles. The van der Waals surface area contributed by atoms with Crippen LogP contribution in [0, 0.1) is 11.6 Å². The maximum Gasteiger partial charge on any atom is 0.132 e. The zero-order valence-electron chi connectivity index (χ0n) is 9.21. The number of hydrogen-bond acceptors (Lipinski definition) is 2. The second kappa shape index (κ2) is 4.11. The first-order chi connectivity index (χ1) is 7.51. The molecule has 1 saturated heterocycles. The fourth-order valence-corrected chi connectivity index (χ4v) is 2.12. The second-order valence-electron chi connectivity index (χ2n) is 4.46. The monoisotopic (exact) mass is 227 g/mol. The molecular formula is C12H15F2NO. The van der Waals surface area contributed by atoms with Crippen LogP contribution in [0.5, 0.6) is 0 Å². The van der Waals surface area contributed by atoms with Crippen molar-refractivity contribution in [3.63, 3.8) is 0 Å². The molecule has 16 heavy (non-hydrogen) atoms. The molecule has 0 radical (unpaired) electrons. The van der Waals surface area contributed by atoms with E-state index in [-0.39, 0.29) is 5.56 Å². The molecule has 0 unspecified atom stereocenters. The summed E-state index contributed by atoms with van der Waals surface area (Å²) >= 11 is 0. The Morgan fingerprint density at radius 3 is 2.44 bits per heavy atom. The lowest BCUT2D eigenvalue weighted by Crippen LogP contribution is -2.41. The van der Waals surface area contributed by atoms with Crippen LogP contribution in [0.15, 0.2) is 18.2 Å². The largest absolute Gasteiger partial charge is 0.385 e.